The lowest BCUT2D eigenvalue weighted by Gasteiger charge is -2.37. The summed E-state index contributed by atoms with van der Waals surface area (Å²) < 4.78 is 0. The van der Waals surface area contributed by atoms with E-state index in [1.165, 1.54) is 0 Å². The maximum Gasteiger partial charge on any atom is 0.224 e. The van der Waals surface area contributed by atoms with Crippen molar-refractivity contribution in [1.29, 1.82) is 0 Å². The molecule has 3 N–H and O–H groups in total. The molecule has 0 spiro atoms. The number of hydrogen-bond acceptors (Lipinski definition) is 3. The van der Waals surface area contributed by atoms with Crippen LogP contribution in [0.5, 0.6) is 0 Å². The van der Waals surface area contributed by atoms with E-state index in [2.05, 4.69) is 0 Å². The first-order chi connectivity index (χ1) is 7.32. The first kappa shape index (κ1) is 13.5. The molecular weight excluding hydrogens is 204 g/mol. The van der Waals surface area contributed by atoms with Crippen LogP contribution >= 0.6 is 0 Å². The quantitative estimate of drug-likeness (QED) is 0.748. The number of amides is 1. The topological polar surface area (TPSA) is 66.6 Å². The average Bonchev–Trinajstić information content (AvgIpc) is 2.15. The summed E-state index contributed by atoms with van der Waals surface area (Å²) in [5.74, 6) is 0.385. The third kappa shape index (κ3) is 3.76. The van der Waals surface area contributed by atoms with Crippen molar-refractivity contribution in [1.82, 2.24) is 4.90 Å². The van der Waals surface area contributed by atoms with E-state index in [1.54, 1.807) is 11.8 Å². The number of β-amino-alcohol motifs (C(OH)–C–C–N with tert-alkyl or cyclic N) is 1. The number of likely N-dealkylation sites (tertiary alicyclic amines) is 1. The summed E-state index contributed by atoms with van der Waals surface area (Å²) in [4.78, 5) is 13.7. The summed E-state index contributed by atoms with van der Waals surface area (Å²) in [7, 11) is 0. The second-order valence-electron chi connectivity index (χ2n) is 5.53. The summed E-state index contributed by atoms with van der Waals surface area (Å²) in [6, 6.07) is -0.0839. The van der Waals surface area contributed by atoms with Crippen LogP contribution in [-0.2, 0) is 4.79 Å². The molecular formula is C12H24N2O2. The molecule has 94 valence electrons. The minimum atomic E-state index is -0.726. The van der Waals surface area contributed by atoms with Crippen molar-refractivity contribution >= 4 is 5.91 Å². The van der Waals surface area contributed by atoms with E-state index in [0.717, 1.165) is 19.4 Å². The van der Waals surface area contributed by atoms with E-state index in [1.807, 2.05) is 13.8 Å². The molecule has 1 saturated heterocycles. The molecule has 4 heteroatoms. The Labute approximate surface area is 97.8 Å². The van der Waals surface area contributed by atoms with Crippen LogP contribution in [0.25, 0.3) is 0 Å². The van der Waals surface area contributed by atoms with Gasteiger partial charge in [0.25, 0.3) is 0 Å². The SMILES string of the molecule is CC(C)C(N)CC(=O)N1CCCC(C)(O)C1. The molecule has 2 atom stereocenters. The Bertz CT molecular complexity index is 251. The molecule has 16 heavy (non-hydrogen) atoms. The highest BCUT2D eigenvalue weighted by atomic mass is 16.3. The fourth-order valence-electron chi connectivity index (χ4n) is 2.00. The zero-order valence-corrected chi connectivity index (χ0v) is 10.6. The van der Waals surface area contributed by atoms with Gasteiger partial charge in [0.05, 0.1) is 5.60 Å². The number of carbonyl (C=O) groups is 1. The Balaban J connectivity index is 2.48. The van der Waals surface area contributed by atoms with Crippen molar-refractivity contribution in [2.45, 2.75) is 51.7 Å². The third-order valence-corrected chi connectivity index (χ3v) is 3.29. The molecule has 0 saturated carbocycles. The summed E-state index contributed by atoms with van der Waals surface area (Å²) in [5, 5.41) is 9.91. The van der Waals surface area contributed by atoms with Gasteiger partial charge in [-0.15, -0.1) is 0 Å². The van der Waals surface area contributed by atoms with E-state index < -0.39 is 5.60 Å². The van der Waals surface area contributed by atoms with Crippen molar-refractivity contribution in [2.24, 2.45) is 11.7 Å². The number of aliphatic hydroxyl groups is 1. The lowest BCUT2D eigenvalue weighted by atomic mass is 9.94. The van der Waals surface area contributed by atoms with Gasteiger partial charge in [-0.2, -0.15) is 0 Å². The minimum Gasteiger partial charge on any atom is -0.388 e. The minimum absolute atomic E-state index is 0.0705. The van der Waals surface area contributed by atoms with Crippen LogP contribution in [0.15, 0.2) is 0 Å². The molecule has 1 rings (SSSR count). The maximum atomic E-state index is 11.9. The van der Waals surface area contributed by atoms with Gasteiger partial charge in [0.2, 0.25) is 5.91 Å². The molecule has 1 aliphatic heterocycles. The number of nitrogens with two attached hydrogens (primary N) is 1. The molecule has 1 fully saturated rings. The highest BCUT2D eigenvalue weighted by molar-refractivity contribution is 5.77. The predicted octanol–water partition coefficient (Wildman–Crippen LogP) is 0.733. The van der Waals surface area contributed by atoms with Gasteiger partial charge in [0.1, 0.15) is 0 Å². The van der Waals surface area contributed by atoms with E-state index in [9.17, 15) is 9.90 Å². The highest BCUT2D eigenvalue weighted by Crippen LogP contribution is 2.21. The fraction of sp³-hybridized carbons (Fsp3) is 0.917. The number of hydrogen-bond donors (Lipinski definition) is 2. The smallest absolute Gasteiger partial charge is 0.224 e. The van der Waals surface area contributed by atoms with Gasteiger partial charge >= 0.3 is 0 Å². The van der Waals surface area contributed by atoms with Crippen LogP contribution in [0.3, 0.4) is 0 Å². The molecule has 1 heterocycles. The van der Waals surface area contributed by atoms with E-state index in [4.69, 9.17) is 5.73 Å². The largest absolute Gasteiger partial charge is 0.388 e. The van der Waals surface area contributed by atoms with Crippen LogP contribution < -0.4 is 5.73 Å². The molecule has 2 unspecified atom stereocenters. The van der Waals surface area contributed by atoms with Crippen molar-refractivity contribution in [3.63, 3.8) is 0 Å². The van der Waals surface area contributed by atoms with Gasteiger partial charge in [-0.05, 0) is 25.7 Å². The average molecular weight is 228 g/mol. The molecule has 0 aromatic rings. The van der Waals surface area contributed by atoms with Gasteiger partial charge in [-0.1, -0.05) is 13.8 Å². The normalized spacial score (nSPS) is 28.2. The second kappa shape index (κ2) is 5.15. The van der Waals surface area contributed by atoms with Crippen molar-refractivity contribution in [3.8, 4) is 0 Å². The molecule has 4 nitrogen and oxygen atoms in total. The summed E-state index contributed by atoms with van der Waals surface area (Å²) in [5.41, 5.74) is 5.16. The summed E-state index contributed by atoms with van der Waals surface area (Å²) in [6.45, 7) is 7.01. The van der Waals surface area contributed by atoms with Crippen LogP contribution in [0.4, 0.5) is 0 Å². The second-order valence-corrected chi connectivity index (χ2v) is 5.53. The first-order valence-corrected chi connectivity index (χ1v) is 6.07. The number of rotatable bonds is 3. The van der Waals surface area contributed by atoms with Gasteiger partial charge in [0, 0.05) is 25.6 Å². The van der Waals surface area contributed by atoms with E-state index >= 15 is 0 Å². The van der Waals surface area contributed by atoms with E-state index in [-0.39, 0.29) is 11.9 Å². The third-order valence-electron chi connectivity index (χ3n) is 3.29. The van der Waals surface area contributed by atoms with Gasteiger partial charge in [-0.3, -0.25) is 4.79 Å². The molecule has 0 aromatic carbocycles. The highest BCUT2D eigenvalue weighted by Gasteiger charge is 2.31. The fourth-order valence-corrected chi connectivity index (χ4v) is 2.00. The standard InChI is InChI=1S/C12H24N2O2/c1-9(2)10(13)7-11(15)14-6-4-5-12(3,16)8-14/h9-10,16H,4-8,13H2,1-3H3. The first-order valence-electron chi connectivity index (χ1n) is 6.07. The van der Waals surface area contributed by atoms with Crippen LogP contribution in [0.2, 0.25) is 0 Å². The van der Waals surface area contributed by atoms with E-state index in [0.29, 0.717) is 18.9 Å². The maximum absolute atomic E-state index is 11.9. The zero-order valence-electron chi connectivity index (χ0n) is 10.6. The van der Waals surface area contributed by atoms with Crippen molar-refractivity contribution in [2.75, 3.05) is 13.1 Å². The Morgan fingerprint density at radius 2 is 2.19 bits per heavy atom. The molecule has 0 radical (unpaired) electrons. The Morgan fingerprint density at radius 3 is 2.69 bits per heavy atom. The number of carbonyl (C=O) groups excluding carboxylic acids is 1. The molecule has 1 amide bonds. The van der Waals surface area contributed by atoms with Gasteiger partial charge < -0.3 is 15.7 Å². The molecule has 0 bridgehead atoms. The Morgan fingerprint density at radius 1 is 1.56 bits per heavy atom. The summed E-state index contributed by atoms with van der Waals surface area (Å²) >= 11 is 0. The number of nitrogens with zero attached hydrogens (tertiary/aromatic N) is 1. The number of piperidine rings is 1. The molecule has 1 aliphatic rings. The lowest BCUT2D eigenvalue weighted by molar-refractivity contribution is -0.138. The summed E-state index contributed by atoms with van der Waals surface area (Å²) in [6.07, 6.45) is 2.02. The van der Waals surface area contributed by atoms with Crippen molar-refractivity contribution < 1.29 is 9.90 Å². The Hall–Kier alpha value is -0.610. The van der Waals surface area contributed by atoms with Gasteiger partial charge in [0.15, 0.2) is 0 Å². The van der Waals surface area contributed by atoms with Crippen LogP contribution in [-0.4, -0.2) is 40.6 Å². The molecule has 0 aromatic heterocycles. The lowest BCUT2D eigenvalue weighted by Crippen LogP contribution is -2.49. The Kier molecular flexibility index (Phi) is 4.33. The molecule has 0 aliphatic carbocycles. The van der Waals surface area contributed by atoms with Crippen LogP contribution in [0, 0.1) is 5.92 Å². The van der Waals surface area contributed by atoms with Gasteiger partial charge in [-0.25, -0.2) is 0 Å². The van der Waals surface area contributed by atoms with Crippen molar-refractivity contribution in [3.05, 3.63) is 0 Å². The predicted molar refractivity (Wildman–Crippen MR) is 63.9 cm³/mol. The zero-order chi connectivity index (χ0) is 12.3. The monoisotopic (exact) mass is 228 g/mol. The van der Waals surface area contributed by atoms with Crippen LogP contribution in [0.1, 0.15) is 40.0 Å².